The fraction of sp³-hybridized carbons (Fsp3) is 0.750. The molecule has 0 spiro atoms. The first kappa shape index (κ1) is 11.5. The quantitative estimate of drug-likeness (QED) is 0.680. The van der Waals surface area contributed by atoms with Gasteiger partial charge in [0.15, 0.2) is 5.16 Å². The van der Waals surface area contributed by atoms with Crippen molar-refractivity contribution in [3.05, 3.63) is 6.33 Å². The van der Waals surface area contributed by atoms with Crippen molar-refractivity contribution in [1.29, 1.82) is 0 Å². The molecule has 0 amide bonds. The molecule has 0 bridgehead atoms. The van der Waals surface area contributed by atoms with Crippen LogP contribution in [0.1, 0.15) is 27.2 Å². The zero-order chi connectivity index (χ0) is 9.40. The van der Waals surface area contributed by atoms with Gasteiger partial charge in [0.25, 0.3) is 0 Å². The van der Waals surface area contributed by atoms with Crippen molar-refractivity contribution >= 4 is 11.8 Å². The van der Waals surface area contributed by atoms with Crippen molar-refractivity contribution in [3.63, 3.8) is 0 Å². The van der Waals surface area contributed by atoms with Crippen molar-refractivity contribution in [1.82, 2.24) is 14.8 Å². The van der Waals surface area contributed by atoms with E-state index in [1.54, 1.807) is 18.1 Å². The highest BCUT2D eigenvalue weighted by atomic mass is 32.2. The molecular formula is C8H17N3S. The fourth-order valence-corrected chi connectivity index (χ4v) is 1.34. The summed E-state index contributed by atoms with van der Waals surface area (Å²) in [6.07, 6.45) is 2.90. The topological polar surface area (TPSA) is 30.7 Å². The summed E-state index contributed by atoms with van der Waals surface area (Å²) >= 11 is 1.74. The minimum Gasteiger partial charge on any atom is -0.312 e. The smallest absolute Gasteiger partial charge is 0.190 e. The van der Waals surface area contributed by atoms with Crippen LogP contribution >= 0.6 is 11.8 Å². The second kappa shape index (κ2) is 7.16. The zero-order valence-electron chi connectivity index (χ0n) is 8.24. The Morgan fingerprint density at radius 1 is 1.50 bits per heavy atom. The normalized spacial score (nSPS) is 9.00. The third kappa shape index (κ3) is 3.76. The molecular weight excluding hydrogens is 170 g/mol. The van der Waals surface area contributed by atoms with E-state index < -0.39 is 0 Å². The van der Waals surface area contributed by atoms with Gasteiger partial charge in [-0.1, -0.05) is 32.5 Å². The van der Waals surface area contributed by atoms with Crippen LogP contribution in [0.15, 0.2) is 11.5 Å². The van der Waals surface area contributed by atoms with Crippen LogP contribution in [-0.2, 0) is 7.05 Å². The fourth-order valence-electron chi connectivity index (χ4n) is 0.597. The summed E-state index contributed by atoms with van der Waals surface area (Å²) in [6, 6.07) is 0. The predicted molar refractivity (Wildman–Crippen MR) is 53.4 cm³/mol. The van der Waals surface area contributed by atoms with E-state index in [1.807, 2.05) is 25.5 Å². The number of hydrogen-bond acceptors (Lipinski definition) is 3. The van der Waals surface area contributed by atoms with Crippen LogP contribution in [0.3, 0.4) is 0 Å². The van der Waals surface area contributed by atoms with Gasteiger partial charge in [0.2, 0.25) is 0 Å². The van der Waals surface area contributed by atoms with E-state index in [9.17, 15) is 0 Å². The number of hydrogen-bond donors (Lipinski definition) is 0. The summed E-state index contributed by atoms with van der Waals surface area (Å²) in [4.78, 5) is 0. The maximum atomic E-state index is 3.93. The highest BCUT2D eigenvalue weighted by Gasteiger charge is 1.97. The Morgan fingerprint density at radius 2 is 2.17 bits per heavy atom. The third-order valence-corrected chi connectivity index (χ3v) is 2.35. The Morgan fingerprint density at radius 3 is 2.58 bits per heavy atom. The molecule has 1 aromatic rings. The van der Waals surface area contributed by atoms with Gasteiger partial charge in [-0.15, -0.1) is 10.2 Å². The van der Waals surface area contributed by atoms with Gasteiger partial charge in [0.1, 0.15) is 6.33 Å². The van der Waals surface area contributed by atoms with E-state index >= 15 is 0 Å². The van der Waals surface area contributed by atoms with E-state index in [-0.39, 0.29) is 0 Å². The minimum atomic E-state index is 1.00. The predicted octanol–water partition coefficient (Wildman–Crippen LogP) is 2.34. The highest BCUT2D eigenvalue weighted by Crippen LogP contribution is 2.13. The van der Waals surface area contributed by atoms with Crippen LogP contribution in [0.4, 0.5) is 0 Å². The standard InChI is InChI=1S/C6H11N3S.C2H6/c1-3-4-10-6-8-7-5-9(6)2;1-2/h5H,3-4H2,1-2H3;1-2H3. The van der Waals surface area contributed by atoms with Gasteiger partial charge in [0.05, 0.1) is 0 Å². The Balaban J connectivity index is 0.000000561. The molecule has 0 radical (unpaired) electrons. The van der Waals surface area contributed by atoms with Gasteiger partial charge in [-0.25, -0.2) is 0 Å². The van der Waals surface area contributed by atoms with E-state index in [2.05, 4.69) is 17.1 Å². The molecule has 0 fully saturated rings. The minimum absolute atomic E-state index is 1.00. The third-order valence-electron chi connectivity index (χ3n) is 1.11. The Kier molecular flexibility index (Phi) is 6.85. The number of rotatable bonds is 3. The van der Waals surface area contributed by atoms with Crippen molar-refractivity contribution < 1.29 is 0 Å². The molecule has 3 nitrogen and oxygen atoms in total. The molecule has 0 aliphatic carbocycles. The number of aryl methyl sites for hydroxylation is 1. The van der Waals surface area contributed by atoms with E-state index in [1.165, 1.54) is 6.42 Å². The lowest BCUT2D eigenvalue weighted by molar-refractivity contribution is 0.788. The van der Waals surface area contributed by atoms with Crippen molar-refractivity contribution in [2.75, 3.05) is 5.75 Å². The van der Waals surface area contributed by atoms with Crippen LogP contribution in [0, 0.1) is 0 Å². The number of thioether (sulfide) groups is 1. The molecule has 1 heterocycles. The van der Waals surface area contributed by atoms with Gasteiger partial charge < -0.3 is 4.57 Å². The van der Waals surface area contributed by atoms with Crippen LogP contribution in [0.2, 0.25) is 0 Å². The second-order valence-electron chi connectivity index (χ2n) is 2.07. The summed E-state index contributed by atoms with van der Waals surface area (Å²) in [6.45, 7) is 6.16. The molecule has 0 saturated heterocycles. The van der Waals surface area contributed by atoms with Crippen LogP contribution < -0.4 is 0 Å². The Labute approximate surface area is 78.6 Å². The molecule has 0 saturated carbocycles. The van der Waals surface area contributed by atoms with E-state index in [0.717, 1.165) is 10.9 Å². The Hall–Kier alpha value is -0.510. The molecule has 1 rings (SSSR count). The maximum Gasteiger partial charge on any atom is 0.190 e. The summed E-state index contributed by atoms with van der Waals surface area (Å²) in [5.74, 6) is 1.12. The van der Waals surface area contributed by atoms with Crippen LogP contribution in [-0.4, -0.2) is 20.5 Å². The molecule has 70 valence electrons. The lowest BCUT2D eigenvalue weighted by Crippen LogP contribution is -1.88. The van der Waals surface area contributed by atoms with Crippen LogP contribution in [0.25, 0.3) is 0 Å². The lowest BCUT2D eigenvalue weighted by Gasteiger charge is -1.95. The molecule has 0 aliphatic heterocycles. The van der Waals surface area contributed by atoms with Crippen molar-refractivity contribution in [3.8, 4) is 0 Å². The Bertz CT molecular complexity index is 198. The summed E-state index contributed by atoms with van der Waals surface area (Å²) in [7, 11) is 1.96. The monoisotopic (exact) mass is 187 g/mol. The number of nitrogens with zero attached hydrogens (tertiary/aromatic N) is 3. The maximum absolute atomic E-state index is 3.93. The molecule has 0 aromatic carbocycles. The van der Waals surface area contributed by atoms with Crippen LogP contribution in [0.5, 0.6) is 0 Å². The second-order valence-corrected chi connectivity index (χ2v) is 3.13. The number of aromatic nitrogens is 3. The van der Waals surface area contributed by atoms with Gasteiger partial charge in [-0.3, -0.25) is 0 Å². The molecule has 1 aromatic heterocycles. The molecule has 4 heteroatoms. The summed E-state index contributed by atoms with van der Waals surface area (Å²) in [5, 5.41) is 8.70. The average Bonchev–Trinajstić information content (AvgIpc) is 2.51. The van der Waals surface area contributed by atoms with E-state index in [4.69, 9.17) is 0 Å². The largest absolute Gasteiger partial charge is 0.312 e. The van der Waals surface area contributed by atoms with Gasteiger partial charge in [-0.2, -0.15) is 0 Å². The first-order valence-corrected chi connectivity index (χ1v) is 5.30. The van der Waals surface area contributed by atoms with Crippen molar-refractivity contribution in [2.45, 2.75) is 32.3 Å². The SMILES string of the molecule is CC.CCCSc1nncn1C. The van der Waals surface area contributed by atoms with E-state index in [0.29, 0.717) is 0 Å². The first-order chi connectivity index (χ1) is 5.84. The molecule has 0 N–H and O–H groups in total. The summed E-state index contributed by atoms with van der Waals surface area (Å²) < 4.78 is 1.93. The average molecular weight is 187 g/mol. The van der Waals surface area contributed by atoms with Gasteiger partial charge in [-0.05, 0) is 6.42 Å². The van der Waals surface area contributed by atoms with Crippen molar-refractivity contribution in [2.24, 2.45) is 7.05 Å². The lowest BCUT2D eigenvalue weighted by atomic mass is 10.6. The van der Waals surface area contributed by atoms with Gasteiger partial charge >= 0.3 is 0 Å². The highest BCUT2D eigenvalue weighted by molar-refractivity contribution is 7.99. The van der Waals surface area contributed by atoms with Gasteiger partial charge in [0, 0.05) is 12.8 Å². The zero-order valence-corrected chi connectivity index (χ0v) is 9.06. The molecule has 0 unspecified atom stereocenters. The summed E-state index contributed by atoms with van der Waals surface area (Å²) in [5.41, 5.74) is 0. The molecule has 12 heavy (non-hydrogen) atoms. The molecule has 0 atom stereocenters. The first-order valence-electron chi connectivity index (χ1n) is 4.31. The molecule has 0 aliphatic rings.